The number of fused-ring (bicyclic) bond motifs is 1. The van der Waals surface area contributed by atoms with Crippen molar-refractivity contribution in [2.45, 2.75) is 57.5 Å². The number of benzene rings is 1. The fraction of sp³-hybridized carbons (Fsp3) is 0.562. The third kappa shape index (κ3) is 2.22. The van der Waals surface area contributed by atoms with E-state index in [-0.39, 0.29) is 5.60 Å². The van der Waals surface area contributed by atoms with Crippen LogP contribution in [-0.2, 0) is 6.42 Å². The molecule has 1 aliphatic carbocycles. The monoisotopic (exact) mass is 260 g/mol. The molecule has 3 heteroatoms. The highest BCUT2D eigenvalue weighted by Gasteiger charge is 2.34. The minimum atomic E-state index is -0.881. The number of carboxylic acid groups (broad SMARTS) is 1. The normalized spacial score (nSPS) is 21.2. The van der Waals surface area contributed by atoms with Crippen molar-refractivity contribution in [1.29, 1.82) is 0 Å². The maximum atomic E-state index is 11.5. The smallest absolute Gasteiger partial charge is 0.339 e. The number of ether oxygens (including phenoxy) is 1. The van der Waals surface area contributed by atoms with E-state index in [1.54, 1.807) is 0 Å². The van der Waals surface area contributed by atoms with Crippen molar-refractivity contribution in [3.63, 3.8) is 0 Å². The number of hydrogen-bond acceptors (Lipinski definition) is 2. The molecule has 1 aliphatic heterocycles. The summed E-state index contributed by atoms with van der Waals surface area (Å²) in [6.07, 6.45) is 5.67. The molecular formula is C16H20O3. The minimum absolute atomic E-state index is 0.291. The van der Waals surface area contributed by atoms with Crippen LogP contribution in [0.25, 0.3) is 0 Å². The van der Waals surface area contributed by atoms with E-state index < -0.39 is 5.97 Å². The Morgan fingerprint density at radius 1 is 1.32 bits per heavy atom. The largest absolute Gasteiger partial charge is 0.486 e. The lowest BCUT2D eigenvalue weighted by molar-refractivity contribution is 0.0685. The van der Waals surface area contributed by atoms with Crippen molar-refractivity contribution in [1.82, 2.24) is 0 Å². The Labute approximate surface area is 113 Å². The second-order valence-electron chi connectivity index (χ2n) is 6.38. The molecule has 1 aromatic carbocycles. The summed E-state index contributed by atoms with van der Waals surface area (Å²) < 4.78 is 5.82. The molecule has 3 nitrogen and oxygen atoms in total. The van der Waals surface area contributed by atoms with E-state index in [1.807, 2.05) is 19.9 Å². The lowest BCUT2D eigenvalue weighted by Gasteiger charge is -2.17. The zero-order chi connectivity index (χ0) is 13.6. The van der Waals surface area contributed by atoms with Gasteiger partial charge in [0.15, 0.2) is 0 Å². The summed E-state index contributed by atoms with van der Waals surface area (Å²) in [5.74, 6) is 0.236. The van der Waals surface area contributed by atoms with Gasteiger partial charge in [0.05, 0.1) is 0 Å². The highest BCUT2D eigenvalue weighted by molar-refractivity contribution is 5.92. The Balaban J connectivity index is 2.06. The van der Waals surface area contributed by atoms with Crippen molar-refractivity contribution in [3.8, 4) is 5.75 Å². The lowest BCUT2D eigenvalue weighted by atomic mass is 9.91. The molecule has 0 saturated heterocycles. The summed E-state index contributed by atoms with van der Waals surface area (Å²) in [4.78, 5) is 11.5. The molecule has 102 valence electrons. The van der Waals surface area contributed by atoms with Crippen molar-refractivity contribution in [2.75, 3.05) is 0 Å². The second-order valence-corrected chi connectivity index (χ2v) is 6.38. The van der Waals surface area contributed by atoms with Crippen molar-refractivity contribution < 1.29 is 14.6 Å². The molecule has 0 aromatic heterocycles. The molecule has 0 spiro atoms. The van der Waals surface area contributed by atoms with Gasteiger partial charge < -0.3 is 9.84 Å². The van der Waals surface area contributed by atoms with Gasteiger partial charge in [-0.2, -0.15) is 0 Å². The first kappa shape index (κ1) is 12.5. The predicted molar refractivity (Wildman–Crippen MR) is 73.0 cm³/mol. The summed E-state index contributed by atoms with van der Waals surface area (Å²) in [6.45, 7) is 4.02. The third-order valence-electron chi connectivity index (χ3n) is 4.24. The van der Waals surface area contributed by atoms with Crippen LogP contribution >= 0.6 is 0 Å². The summed E-state index contributed by atoms with van der Waals surface area (Å²) in [5, 5.41) is 9.41. The van der Waals surface area contributed by atoms with Gasteiger partial charge in [0.25, 0.3) is 0 Å². The Kier molecular flexibility index (Phi) is 2.80. The van der Waals surface area contributed by atoms with Crippen LogP contribution in [0.3, 0.4) is 0 Å². The van der Waals surface area contributed by atoms with Gasteiger partial charge in [0.2, 0.25) is 0 Å². The number of hydrogen-bond donors (Lipinski definition) is 1. The Morgan fingerprint density at radius 2 is 2.00 bits per heavy atom. The highest BCUT2D eigenvalue weighted by atomic mass is 16.5. The van der Waals surface area contributed by atoms with E-state index in [0.29, 0.717) is 17.2 Å². The van der Waals surface area contributed by atoms with Crippen molar-refractivity contribution in [3.05, 3.63) is 28.8 Å². The fourth-order valence-corrected chi connectivity index (χ4v) is 3.39. The predicted octanol–water partition coefficient (Wildman–Crippen LogP) is 3.76. The average molecular weight is 260 g/mol. The summed E-state index contributed by atoms with van der Waals surface area (Å²) in [5.41, 5.74) is 2.30. The molecule has 3 rings (SSSR count). The summed E-state index contributed by atoms with van der Waals surface area (Å²) in [6, 6.07) is 4.01. The molecule has 0 amide bonds. The first-order chi connectivity index (χ1) is 8.96. The SMILES string of the molecule is CC1(C)Cc2cc(C3CCCC3)cc(C(=O)O)c2O1. The molecule has 1 N–H and O–H groups in total. The van der Waals surface area contributed by atoms with Gasteiger partial charge in [-0.1, -0.05) is 18.9 Å². The fourth-order valence-electron chi connectivity index (χ4n) is 3.39. The molecule has 0 radical (unpaired) electrons. The molecule has 2 aliphatic rings. The maximum absolute atomic E-state index is 11.5. The van der Waals surface area contributed by atoms with Crippen LogP contribution in [0.15, 0.2) is 12.1 Å². The first-order valence-corrected chi connectivity index (χ1v) is 7.05. The van der Waals surface area contributed by atoms with E-state index in [4.69, 9.17) is 4.74 Å². The average Bonchev–Trinajstić information content (AvgIpc) is 2.91. The van der Waals surface area contributed by atoms with Crippen LogP contribution < -0.4 is 4.74 Å². The second kappa shape index (κ2) is 4.26. The molecular weight excluding hydrogens is 240 g/mol. The van der Waals surface area contributed by atoms with Crippen LogP contribution in [0.2, 0.25) is 0 Å². The van der Waals surface area contributed by atoms with Crippen molar-refractivity contribution in [2.24, 2.45) is 0 Å². The Hall–Kier alpha value is -1.51. The first-order valence-electron chi connectivity index (χ1n) is 7.05. The quantitative estimate of drug-likeness (QED) is 0.880. The van der Waals surface area contributed by atoms with E-state index in [0.717, 1.165) is 12.0 Å². The van der Waals surface area contributed by atoms with Crippen LogP contribution in [0.5, 0.6) is 5.75 Å². The maximum Gasteiger partial charge on any atom is 0.339 e. The molecule has 0 unspecified atom stereocenters. The van der Waals surface area contributed by atoms with Crippen LogP contribution in [0.1, 0.15) is 66.9 Å². The topological polar surface area (TPSA) is 46.5 Å². The number of carboxylic acids is 1. The lowest BCUT2D eigenvalue weighted by Crippen LogP contribution is -2.25. The molecule has 0 bridgehead atoms. The van der Waals surface area contributed by atoms with Gasteiger partial charge in [0, 0.05) is 6.42 Å². The minimum Gasteiger partial charge on any atom is -0.486 e. The zero-order valence-corrected chi connectivity index (χ0v) is 11.5. The number of aromatic carboxylic acids is 1. The molecule has 1 heterocycles. The van der Waals surface area contributed by atoms with E-state index in [1.165, 1.54) is 31.2 Å². The van der Waals surface area contributed by atoms with E-state index >= 15 is 0 Å². The molecule has 1 aromatic rings. The standard InChI is InChI=1S/C16H20O3/c1-16(2)9-12-7-11(10-5-3-4-6-10)8-13(15(17)18)14(12)19-16/h7-8,10H,3-6,9H2,1-2H3,(H,17,18). The number of carbonyl (C=O) groups is 1. The van der Waals surface area contributed by atoms with E-state index in [2.05, 4.69) is 6.07 Å². The van der Waals surface area contributed by atoms with Crippen LogP contribution in [-0.4, -0.2) is 16.7 Å². The van der Waals surface area contributed by atoms with Gasteiger partial charge in [0.1, 0.15) is 16.9 Å². The highest BCUT2D eigenvalue weighted by Crippen LogP contribution is 2.42. The Bertz CT molecular complexity index is 525. The summed E-state index contributed by atoms with van der Waals surface area (Å²) in [7, 11) is 0. The summed E-state index contributed by atoms with van der Waals surface area (Å²) >= 11 is 0. The van der Waals surface area contributed by atoms with Crippen LogP contribution in [0.4, 0.5) is 0 Å². The third-order valence-corrected chi connectivity index (χ3v) is 4.24. The molecule has 1 fully saturated rings. The zero-order valence-electron chi connectivity index (χ0n) is 11.5. The molecule has 1 saturated carbocycles. The molecule has 0 atom stereocenters. The van der Waals surface area contributed by atoms with Gasteiger partial charge >= 0.3 is 5.97 Å². The van der Waals surface area contributed by atoms with E-state index in [9.17, 15) is 9.90 Å². The number of rotatable bonds is 2. The molecule has 19 heavy (non-hydrogen) atoms. The van der Waals surface area contributed by atoms with Gasteiger partial charge in [-0.15, -0.1) is 0 Å². The van der Waals surface area contributed by atoms with Gasteiger partial charge in [-0.25, -0.2) is 4.79 Å². The van der Waals surface area contributed by atoms with Gasteiger partial charge in [-0.05, 0) is 49.8 Å². The van der Waals surface area contributed by atoms with Crippen molar-refractivity contribution >= 4 is 5.97 Å². The van der Waals surface area contributed by atoms with Crippen LogP contribution in [0, 0.1) is 0 Å². The van der Waals surface area contributed by atoms with Gasteiger partial charge in [-0.3, -0.25) is 0 Å². The Morgan fingerprint density at radius 3 is 2.63 bits per heavy atom.